The van der Waals surface area contributed by atoms with Crippen LogP contribution in [0.5, 0.6) is 5.75 Å². The van der Waals surface area contributed by atoms with Gasteiger partial charge in [-0.15, -0.1) is 10.2 Å². The molecule has 1 aromatic carbocycles. The molecule has 0 fully saturated rings. The molecule has 162 valence electrons. The maximum absolute atomic E-state index is 14.3. The molecule has 2 heterocycles. The van der Waals surface area contributed by atoms with Gasteiger partial charge in [-0.2, -0.15) is 0 Å². The molecule has 0 spiro atoms. The molecule has 0 aliphatic rings. The van der Waals surface area contributed by atoms with Crippen LogP contribution in [-0.2, 0) is 5.41 Å². The minimum Gasteiger partial charge on any atom is -0.507 e. The molecule has 0 saturated heterocycles. The number of nitrogens with one attached hydrogen (secondary N) is 1. The van der Waals surface area contributed by atoms with Crippen molar-refractivity contribution >= 4 is 11.7 Å². The van der Waals surface area contributed by atoms with Gasteiger partial charge >= 0.3 is 0 Å². The molecule has 4 N–H and O–H groups in total. The lowest BCUT2D eigenvalue weighted by Gasteiger charge is -2.30. The number of carbonyl (C=O) groups excluding carboxylic acids is 1. The number of anilines is 1. The number of benzene rings is 1. The van der Waals surface area contributed by atoms with Crippen molar-refractivity contribution in [2.75, 3.05) is 11.9 Å². The van der Waals surface area contributed by atoms with Crippen molar-refractivity contribution in [2.45, 2.75) is 31.9 Å². The highest BCUT2D eigenvalue weighted by atomic mass is 19.1. The number of carbonyl (C=O) groups is 1. The summed E-state index contributed by atoms with van der Waals surface area (Å²) in [6.45, 7) is 3.35. The van der Waals surface area contributed by atoms with E-state index in [-0.39, 0.29) is 30.0 Å². The quantitative estimate of drug-likeness (QED) is 0.506. The molecule has 0 saturated carbocycles. The van der Waals surface area contributed by atoms with Crippen LogP contribution in [0, 0.1) is 5.82 Å². The lowest BCUT2D eigenvalue weighted by molar-refractivity contribution is 0.0998. The fourth-order valence-electron chi connectivity index (χ4n) is 3.46. The van der Waals surface area contributed by atoms with E-state index in [2.05, 4.69) is 20.5 Å². The van der Waals surface area contributed by atoms with E-state index in [1.807, 2.05) is 0 Å². The molecule has 31 heavy (non-hydrogen) atoms. The molecule has 0 aliphatic heterocycles. The van der Waals surface area contributed by atoms with Crippen molar-refractivity contribution in [1.82, 2.24) is 15.2 Å². The molecule has 0 radical (unpaired) electrons. The van der Waals surface area contributed by atoms with Crippen LogP contribution >= 0.6 is 0 Å². The highest BCUT2D eigenvalue weighted by molar-refractivity contribution is 5.96. The number of nitrogens with zero attached hydrogens (tertiary/aromatic N) is 3. The van der Waals surface area contributed by atoms with Crippen molar-refractivity contribution in [3.63, 3.8) is 0 Å². The summed E-state index contributed by atoms with van der Waals surface area (Å²) in [5.74, 6) is -1.06. The monoisotopic (exact) mass is 427 g/mol. The summed E-state index contributed by atoms with van der Waals surface area (Å²) < 4.78 is 28.2. The number of primary amides is 1. The second-order valence-electron chi connectivity index (χ2n) is 7.63. The van der Waals surface area contributed by atoms with Crippen LogP contribution in [0.2, 0.25) is 0 Å². The van der Waals surface area contributed by atoms with Crippen LogP contribution in [0.1, 0.15) is 36.3 Å². The fraction of sp³-hybridized carbons (Fsp3) is 0.273. The van der Waals surface area contributed by atoms with Crippen molar-refractivity contribution in [3.05, 3.63) is 65.7 Å². The van der Waals surface area contributed by atoms with Crippen LogP contribution in [0.15, 0.2) is 48.7 Å². The summed E-state index contributed by atoms with van der Waals surface area (Å²) in [5.41, 5.74) is 5.52. The van der Waals surface area contributed by atoms with Crippen LogP contribution in [-0.4, -0.2) is 38.9 Å². The molecule has 2 aromatic heterocycles. The summed E-state index contributed by atoms with van der Waals surface area (Å²) in [5, 5.41) is 21.0. The van der Waals surface area contributed by atoms with Gasteiger partial charge in [-0.05, 0) is 55.8 Å². The normalized spacial score (nSPS) is 13.9. The van der Waals surface area contributed by atoms with Gasteiger partial charge in [-0.25, -0.2) is 8.78 Å². The number of hydrogen-bond acceptors (Lipinski definition) is 6. The smallest absolute Gasteiger partial charge is 0.252 e. The van der Waals surface area contributed by atoms with E-state index in [0.29, 0.717) is 17.1 Å². The van der Waals surface area contributed by atoms with E-state index in [1.54, 1.807) is 25.1 Å². The first-order valence-corrected chi connectivity index (χ1v) is 9.65. The van der Waals surface area contributed by atoms with Crippen molar-refractivity contribution in [1.29, 1.82) is 0 Å². The first-order chi connectivity index (χ1) is 14.7. The third kappa shape index (κ3) is 5.11. The average Bonchev–Trinajstić information content (AvgIpc) is 2.72. The summed E-state index contributed by atoms with van der Waals surface area (Å²) in [4.78, 5) is 15.5. The van der Waals surface area contributed by atoms with Crippen LogP contribution < -0.4 is 11.1 Å². The van der Waals surface area contributed by atoms with E-state index in [9.17, 15) is 18.7 Å². The minimum atomic E-state index is -1.16. The molecule has 0 unspecified atom stereocenters. The van der Waals surface area contributed by atoms with E-state index in [1.165, 1.54) is 37.4 Å². The van der Waals surface area contributed by atoms with Crippen molar-refractivity contribution < 1.29 is 18.7 Å². The summed E-state index contributed by atoms with van der Waals surface area (Å²) in [6, 6.07) is 10.5. The number of halogens is 2. The van der Waals surface area contributed by atoms with Gasteiger partial charge in [-0.1, -0.05) is 6.92 Å². The topological polar surface area (TPSA) is 114 Å². The number of alkyl halides is 1. The second kappa shape index (κ2) is 9.03. The number of hydrogen-bond donors (Lipinski definition) is 3. The molecule has 0 aliphatic carbocycles. The Morgan fingerprint density at radius 2 is 2.03 bits per heavy atom. The van der Waals surface area contributed by atoms with Gasteiger partial charge in [0.1, 0.15) is 17.4 Å². The van der Waals surface area contributed by atoms with Gasteiger partial charge in [0.2, 0.25) is 0 Å². The summed E-state index contributed by atoms with van der Waals surface area (Å²) >= 11 is 0. The molecule has 7 nitrogen and oxygen atoms in total. The highest BCUT2D eigenvalue weighted by Crippen LogP contribution is 2.31. The van der Waals surface area contributed by atoms with Gasteiger partial charge < -0.3 is 16.2 Å². The number of amides is 1. The largest absolute Gasteiger partial charge is 0.507 e. The zero-order valence-corrected chi connectivity index (χ0v) is 17.1. The van der Waals surface area contributed by atoms with Gasteiger partial charge in [0.15, 0.2) is 0 Å². The fourth-order valence-corrected chi connectivity index (χ4v) is 3.46. The Kier molecular flexibility index (Phi) is 6.43. The first kappa shape index (κ1) is 22.1. The zero-order valence-electron chi connectivity index (χ0n) is 17.1. The van der Waals surface area contributed by atoms with Crippen molar-refractivity contribution in [3.8, 4) is 17.0 Å². The van der Waals surface area contributed by atoms with E-state index >= 15 is 0 Å². The molecular formula is C22H23F2N5O2. The number of pyridine rings is 1. The van der Waals surface area contributed by atoms with Gasteiger partial charge in [-0.3, -0.25) is 9.78 Å². The van der Waals surface area contributed by atoms with E-state index in [0.717, 1.165) is 0 Å². The Hall–Kier alpha value is -3.62. The van der Waals surface area contributed by atoms with Crippen LogP contribution in [0.25, 0.3) is 11.3 Å². The number of phenols is 1. The Bertz CT molecular complexity index is 1080. The number of nitrogens with two attached hydrogens (primary N) is 1. The molecule has 3 aromatic rings. The SMILES string of the molecule is C[C@H](F)C[C@@](C)(CNc1ccc(-c2ccc(O)c(C(N)=O)c2)nn1)c1ncccc1F. The Morgan fingerprint density at radius 3 is 2.65 bits per heavy atom. The van der Waals surface area contributed by atoms with Gasteiger partial charge in [0.25, 0.3) is 5.91 Å². The number of aromatic hydroxyl groups is 1. The van der Waals surface area contributed by atoms with E-state index in [4.69, 9.17) is 5.73 Å². The van der Waals surface area contributed by atoms with Gasteiger partial charge in [0.05, 0.1) is 23.1 Å². The lowest BCUT2D eigenvalue weighted by Crippen LogP contribution is -2.35. The third-order valence-corrected chi connectivity index (χ3v) is 4.94. The molecule has 2 atom stereocenters. The minimum absolute atomic E-state index is 0.0185. The molecular weight excluding hydrogens is 404 g/mol. The maximum Gasteiger partial charge on any atom is 0.252 e. The van der Waals surface area contributed by atoms with Crippen LogP contribution in [0.4, 0.5) is 14.6 Å². The average molecular weight is 427 g/mol. The van der Waals surface area contributed by atoms with E-state index < -0.39 is 23.3 Å². The lowest BCUT2D eigenvalue weighted by atomic mass is 9.81. The molecule has 0 bridgehead atoms. The van der Waals surface area contributed by atoms with Gasteiger partial charge in [0, 0.05) is 23.7 Å². The molecule has 3 rings (SSSR count). The Labute approximate surface area is 178 Å². The first-order valence-electron chi connectivity index (χ1n) is 9.65. The zero-order chi connectivity index (χ0) is 22.6. The predicted molar refractivity (Wildman–Crippen MR) is 113 cm³/mol. The Morgan fingerprint density at radius 1 is 1.26 bits per heavy atom. The third-order valence-electron chi connectivity index (χ3n) is 4.94. The predicted octanol–water partition coefficient (Wildman–Crippen LogP) is 3.60. The van der Waals surface area contributed by atoms with Crippen molar-refractivity contribution in [2.24, 2.45) is 5.73 Å². The molecule has 1 amide bonds. The summed E-state index contributed by atoms with van der Waals surface area (Å²) in [6.07, 6.45) is 0.394. The number of aromatic nitrogens is 3. The highest BCUT2D eigenvalue weighted by Gasteiger charge is 2.33. The maximum atomic E-state index is 14.3. The second-order valence-corrected chi connectivity index (χ2v) is 7.63. The molecule has 9 heteroatoms. The number of rotatable bonds is 8. The summed E-state index contributed by atoms with van der Waals surface area (Å²) in [7, 11) is 0. The van der Waals surface area contributed by atoms with Crippen LogP contribution in [0.3, 0.4) is 0 Å². The Balaban J connectivity index is 1.79. The standard InChI is InChI=1S/C22H23F2N5O2/c1-13(23)11-22(2,20-16(24)4-3-9-26-20)12-27-19-8-6-17(28-29-19)14-5-7-18(30)15(10-14)21(25)31/h3-10,13,30H,11-12H2,1-2H3,(H2,25,31)(H,27,29)/t13-,22-/m0/s1.